The Morgan fingerprint density at radius 3 is 2.75 bits per heavy atom. The summed E-state index contributed by atoms with van der Waals surface area (Å²) in [4.78, 5) is 29.0. The molecule has 0 saturated carbocycles. The van der Waals surface area contributed by atoms with Gasteiger partial charge in [0.05, 0.1) is 20.1 Å². The van der Waals surface area contributed by atoms with Crippen molar-refractivity contribution in [3.05, 3.63) is 58.9 Å². The second-order valence-electron chi connectivity index (χ2n) is 7.74. The molecule has 1 aromatic heterocycles. The van der Waals surface area contributed by atoms with Gasteiger partial charge in [0.15, 0.2) is 5.69 Å². The van der Waals surface area contributed by atoms with Crippen LogP contribution in [0.25, 0.3) is 0 Å². The molecule has 6 heteroatoms. The SMILES string of the molecule is COC(=O)c1ncccc1[C@@H](CC(=O)OC(C)(C)C)c1ccc2c(c1)OCC2. The van der Waals surface area contributed by atoms with Gasteiger partial charge in [0, 0.05) is 18.5 Å². The number of pyridine rings is 1. The lowest BCUT2D eigenvalue weighted by atomic mass is 9.86. The predicted octanol–water partition coefficient (Wildman–Crippen LogP) is 3.67. The fourth-order valence-corrected chi connectivity index (χ4v) is 3.32. The molecular formula is C22H25NO5. The molecule has 1 aliphatic heterocycles. The van der Waals surface area contributed by atoms with Crippen LogP contribution in [0.5, 0.6) is 5.75 Å². The number of benzene rings is 1. The number of methoxy groups -OCH3 is 1. The Kier molecular flexibility index (Phi) is 5.68. The first-order valence-electron chi connectivity index (χ1n) is 9.29. The summed E-state index contributed by atoms with van der Waals surface area (Å²) in [5.74, 6) is -0.483. The minimum atomic E-state index is -0.594. The van der Waals surface area contributed by atoms with Crippen molar-refractivity contribution in [2.24, 2.45) is 0 Å². The molecule has 148 valence electrons. The van der Waals surface area contributed by atoms with Crippen molar-refractivity contribution < 1.29 is 23.8 Å². The third-order valence-corrected chi connectivity index (χ3v) is 4.51. The van der Waals surface area contributed by atoms with Gasteiger partial charge in [0.2, 0.25) is 0 Å². The normalized spacial score (nSPS) is 14.0. The van der Waals surface area contributed by atoms with Crippen LogP contribution in [-0.4, -0.2) is 36.2 Å². The van der Waals surface area contributed by atoms with E-state index < -0.39 is 17.5 Å². The highest BCUT2D eigenvalue weighted by molar-refractivity contribution is 5.89. The maximum atomic E-state index is 12.6. The summed E-state index contributed by atoms with van der Waals surface area (Å²) in [5.41, 5.74) is 2.23. The van der Waals surface area contributed by atoms with E-state index in [2.05, 4.69) is 4.98 Å². The summed E-state index contributed by atoms with van der Waals surface area (Å²) >= 11 is 0. The first kappa shape index (κ1) is 19.9. The molecule has 2 heterocycles. The molecule has 0 N–H and O–H groups in total. The molecule has 0 spiro atoms. The van der Waals surface area contributed by atoms with Crippen molar-refractivity contribution in [2.75, 3.05) is 13.7 Å². The number of rotatable bonds is 5. The number of hydrogen-bond donors (Lipinski definition) is 0. The van der Waals surface area contributed by atoms with E-state index in [1.807, 2.05) is 39.0 Å². The van der Waals surface area contributed by atoms with Crippen LogP contribution in [0, 0.1) is 0 Å². The molecule has 0 unspecified atom stereocenters. The Balaban J connectivity index is 2.03. The van der Waals surface area contributed by atoms with Gasteiger partial charge in [0.25, 0.3) is 0 Å². The van der Waals surface area contributed by atoms with Gasteiger partial charge in [-0.25, -0.2) is 9.78 Å². The summed E-state index contributed by atoms with van der Waals surface area (Å²) in [6.07, 6.45) is 2.48. The van der Waals surface area contributed by atoms with Crippen molar-refractivity contribution in [1.29, 1.82) is 0 Å². The lowest BCUT2D eigenvalue weighted by Gasteiger charge is -2.23. The van der Waals surface area contributed by atoms with E-state index in [0.717, 1.165) is 23.3 Å². The molecule has 1 aliphatic rings. The van der Waals surface area contributed by atoms with Crippen LogP contribution < -0.4 is 4.74 Å². The van der Waals surface area contributed by atoms with Gasteiger partial charge in [-0.1, -0.05) is 18.2 Å². The van der Waals surface area contributed by atoms with Gasteiger partial charge in [-0.2, -0.15) is 0 Å². The van der Waals surface area contributed by atoms with Crippen LogP contribution in [0.4, 0.5) is 0 Å². The molecule has 3 rings (SSSR count). The van der Waals surface area contributed by atoms with Gasteiger partial charge >= 0.3 is 11.9 Å². The minimum absolute atomic E-state index is 0.0751. The van der Waals surface area contributed by atoms with E-state index in [1.165, 1.54) is 13.3 Å². The highest BCUT2D eigenvalue weighted by Crippen LogP contribution is 2.35. The monoisotopic (exact) mass is 383 g/mol. The van der Waals surface area contributed by atoms with E-state index in [1.54, 1.807) is 12.1 Å². The smallest absolute Gasteiger partial charge is 0.356 e. The summed E-state index contributed by atoms with van der Waals surface area (Å²) in [5, 5.41) is 0. The van der Waals surface area contributed by atoms with Gasteiger partial charge < -0.3 is 14.2 Å². The fraction of sp³-hybridized carbons (Fsp3) is 0.409. The third kappa shape index (κ3) is 4.50. The van der Waals surface area contributed by atoms with Crippen molar-refractivity contribution in [1.82, 2.24) is 4.98 Å². The highest BCUT2D eigenvalue weighted by atomic mass is 16.6. The van der Waals surface area contributed by atoms with Crippen molar-refractivity contribution >= 4 is 11.9 Å². The molecule has 0 aliphatic carbocycles. The van der Waals surface area contributed by atoms with Crippen LogP contribution in [0.1, 0.15) is 60.3 Å². The van der Waals surface area contributed by atoms with Crippen LogP contribution in [0.15, 0.2) is 36.5 Å². The zero-order valence-corrected chi connectivity index (χ0v) is 16.7. The number of carbonyl (C=O) groups is 2. The topological polar surface area (TPSA) is 74.7 Å². The highest BCUT2D eigenvalue weighted by Gasteiger charge is 2.28. The zero-order chi connectivity index (χ0) is 20.3. The number of fused-ring (bicyclic) bond motifs is 1. The van der Waals surface area contributed by atoms with Crippen LogP contribution >= 0.6 is 0 Å². The van der Waals surface area contributed by atoms with Crippen LogP contribution in [-0.2, 0) is 20.7 Å². The standard InChI is InChI=1S/C22H25NO5/c1-22(2,3)28-19(24)13-17(15-8-7-14-9-11-27-18(14)12-15)16-6-5-10-23-20(16)21(25)26-4/h5-8,10,12,17H,9,11,13H2,1-4H3/t17-/m0/s1. The zero-order valence-electron chi connectivity index (χ0n) is 16.7. The summed E-state index contributed by atoms with van der Waals surface area (Å²) < 4.78 is 16.1. The average Bonchev–Trinajstić information content (AvgIpc) is 3.12. The Bertz CT molecular complexity index is 885. The van der Waals surface area contributed by atoms with E-state index >= 15 is 0 Å². The van der Waals surface area contributed by atoms with Crippen molar-refractivity contribution in [3.63, 3.8) is 0 Å². The van der Waals surface area contributed by atoms with Gasteiger partial charge in [0.1, 0.15) is 11.4 Å². The molecule has 1 atom stereocenters. The molecule has 0 radical (unpaired) electrons. The number of carbonyl (C=O) groups excluding carboxylic acids is 2. The Morgan fingerprint density at radius 1 is 1.25 bits per heavy atom. The third-order valence-electron chi connectivity index (χ3n) is 4.51. The average molecular weight is 383 g/mol. The number of esters is 2. The van der Waals surface area contributed by atoms with Crippen molar-refractivity contribution in [2.45, 2.75) is 45.1 Å². The molecule has 0 bridgehead atoms. The number of hydrogen-bond acceptors (Lipinski definition) is 6. The summed E-state index contributed by atoms with van der Waals surface area (Å²) in [6, 6.07) is 9.45. The lowest BCUT2D eigenvalue weighted by molar-refractivity contribution is -0.155. The van der Waals surface area contributed by atoms with E-state index in [4.69, 9.17) is 14.2 Å². The molecule has 6 nitrogen and oxygen atoms in total. The van der Waals surface area contributed by atoms with Crippen LogP contribution in [0.3, 0.4) is 0 Å². The summed E-state index contributed by atoms with van der Waals surface area (Å²) in [7, 11) is 1.31. The Labute approximate surface area is 164 Å². The van der Waals surface area contributed by atoms with E-state index in [-0.39, 0.29) is 18.1 Å². The van der Waals surface area contributed by atoms with Crippen molar-refractivity contribution in [3.8, 4) is 5.75 Å². The van der Waals surface area contributed by atoms with Crippen LogP contribution in [0.2, 0.25) is 0 Å². The largest absolute Gasteiger partial charge is 0.493 e. The fourth-order valence-electron chi connectivity index (χ4n) is 3.32. The minimum Gasteiger partial charge on any atom is -0.493 e. The number of nitrogens with zero attached hydrogens (tertiary/aromatic N) is 1. The molecular weight excluding hydrogens is 358 g/mol. The second-order valence-corrected chi connectivity index (χ2v) is 7.74. The van der Waals surface area contributed by atoms with Gasteiger partial charge in [-0.15, -0.1) is 0 Å². The van der Waals surface area contributed by atoms with E-state index in [0.29, 0.717) is 12.2 Å². The molecule has 28 heavy (non-hydrogen) atoms. The molecule has 0 fully saturated rings. The second kappa shape index (κ2) is 8.00. The molecule has 2 aromatic rings. The quantitative estimate of drug-likeness (QED) is 0.734. The van der Waals surface area contributed by atoms with Gasteiger partial charge in [-0.3, -0.25) is 4.79 Å². The first-order chi connectivity index (χ1) is 13.3. The lowest BCUT2D eigenvalue weighted by Crippen LogP contribution is -2.25. The Hall–Kier alpha value is -2.89. The molecule has 0 amide bonds. The predicted molar refractivity (Wildman–Crippen MR) is 104 cm³/mol. The molecule has 0 saturated heterocycles. The first-order valence-corrected chi connectivity index (χ1v) is 9.29. The van der Waals surface area contributed by atoms with E-state index in [9.17, 15) is 9.59 Å². The van der Waals surface area contributed by atoms with Gasteiger partial charge in [-0.05, 0) is 49.6 Å². The number of ether oxygens (including phenoxy) is 3. The molecule has 1 aromatic carbocycles. The maximum absolute atomic E-state index is 12.6. The number of aromatic nitrogens is 1. The Morgan fingerprint density at radius 2 is 2.04 bits per heavy atom. The summed E-state index contributed by atoms with van der Waals surface area (Å²) in [6.45, 7) is 6.13. The maximum Gasteiger partial charge on any atom is 0.356 e.